The van der Waals surface area contributed by atoms with Gasteiger partial charge in [0.15, 0.2) is 0 Å². The summed E-state index contributed by atoms with van der Waals surface area (Å²) in [5.74, 6) is -0.946. The van der Waals surface area contributed by atoms with E-state index in [0.717, 1.165) is 16.9 Å². The first-order valence-electron chi connectivity index (χ1n) is 9.44. The second kappa shape index (κ2) is 7.26. The number of benzene rings is 2. The van der Waals surface area contributed by atoms with Crippen LogP contribution < -0.4 is 4.74 Å². The summed E-state index contributed by atoms with van der Waals surface area (Å²) in [6.45, 7) is 0.308. The van der Waals surface area contributed by atoms with Gasteiger partial charge in [-0.25, -0.2) is 9.18 Å². The first kappa shape index (κ1) is 18.5. The van der Waals surface area contributed by atoms with E-state index in [1.165, 1.54) is 4.90 Å². The van der Waals surface area contributed by atoms with Crippen molar-refractivity contribution in [1.82, 2.24) is 4.90 Å². The third-order valence-corrected chi connectivity index (χ3v) is 5.58. The standard InChI is InChI=1S/C22H22FNO4/c23-22(21(26)27)10-11-24(14-22)20(25)19-12-18(19)16-6-8-17(9-7-16)28-13-15-4-2-1-3-5-15/h1-9,18-19H,10-14H2,(H,26,27). The SMILES string of the molecule is O=C(C1CC1c1ccc(OCc2ccccc2)cc1)N1CCC(F)(C(=O)O)C1. The molecule has 28 heavy (non-hydrogen) atoms. The molecular weight excluding hydrogens is 361 g/mol. The number of hydrogen-bond donors (Lipinski definition) is 1. The molecule has 1 aliphatic heterocycles. The van der Waals surface area contributed by atoms with Crippen LogP contribution in [0.25, 0.3) is 0 Å². The summed E-state index contributed by atoms with van der Waals surface area (Å²) >= 11 is 0. The molecule has 2 aliphatic rings. The number of carboxylic acid groups (broad SMARTS) is 1. The van der Waals surface area contributed by atoms with E-state index < -0.39 is 11.6 Å². The molecule has 5 nitrogen and oxygen atoms in total. The van der Waals surface area contributed by atoms with Gasteiger partial charge in [0.1, 0.15) is 12.4 Å². The fourth-order valence-electron chi connectivity index (χ4n) is 3.76. The zero-order valence-electron chi connectivity index (χ0n) is 15.4. The van der Waals surface area contributed by atoms with E-state index >= 15 is 0 Å². The molecule has 2 aromatic carbocycles. The van der Waals surface area contributed by atoms with Crippen LogP contribution in [0.4, 0.5) is 4.39 Å². The van der Waals surface area contributed by atoms with Gasteiger partial charge in [0.2, 0.25) is 11.6 Å². The lowest BCUT2D eigenvalue weighted by Crippen LogP contribution is -2.39. The Morgan fingerprint density at radius 3 is 2.50 bits per heavy atom. The van der Waals surface area contributed by atoms with E-state index in [1.54, 1.807) is 0 Å². The number of aliphatic carboxylic acids is 1. The highest BCUT2D eigenvalue weighted by molar-refractivity contribution is 5.86. The summed E-state index contributed by atoms with van der Waals surface area (Å²) in [6.07, 6.45) is 0.574. The van der Waals surface area contributed by atoms with Crippen LogP contribution in [-0.4, -0.2) is 40.6 Å². The van der Waals surface area contributed by atoms with Gasteiger partial charge in [0.05, 0.1) is 6.54 Å². The topological polar surface area (TPSA) is 66.8 Å². The largest absolute Gasteiger partial charge is 0.489 e. The number of nitrogens with zero attached hydrogens (tertiary/aromatic N) is 1. The van der Waals surface area contributed by atoms with Crippen molar-refractivity contribution in [3.8, 4) is 5.75 Å². The average molecular weight is 383 g/mol. The van der Waals surface area contributed by atoms with Gasteiger partial charge >= 0.3 is 5.97 Å². The molecule has 146 valence electrons. The molecule has 1 heterocycles. The number of halogens is 1. The van der Waals surface area contributed by atoms with Crippen LogP contribution in [0.3, 0.4) is 0 Å². The van der Waals surface area contributed by atoms with Crippen molar-refractivity contribution in [2.75, 3.05) is 13.1 Å². The van der Waals surface area contributed by atoms with Crippen molar-refractivity contribution in [3.63, 3.8) is 0 Å². The minimum atomic E-state index is -2.31. The second-order valence-electron chi connectivity index (χ2n) is 7.57. The normalized spacial score (nSPS) is 26.1. The van der Waals surface area contributed by atoms with Crippen LogP contribution in [0.1, 0.15) is 29.9 Å². The van der Waals surface area contributed by atoms with E-state index in [9.17, 15) is 14.0 Å². The van der Waals surface area contributed by atoms with Crippen molar-refractivity contribution in [2.24, 2.45) is 5.92 Å². The molecule has 1 N–H and O–H groups in total. The van der Waals surface area contributed by atoms with Gasteiger partial charge in [-0.3, -0.25) is 4.79 Å². The molecule has 1 aliphatic carbocycles. The number of amides is 1. The first-order chi connectivity index (χ1) is 13.5. The molecule has 0 spiro atoms. The average Bonchev–Trinajstić information content (AvgIpc) is 3.41. The van der Waals surface area contributed by atoms with E-state index in [-0.39, 0.29) is 37.3 Å². The highest BCUT2D eigenvalue weighted by atomic mass is 19.1. The summed E-state index contributed by atoms with van der Waals surface area (Å²) < 4.78 is 20.0. The third kappa shape index (κ3) is 3.72. The van der Waals surface area contributed by atoms with Crippen LogP contribution in [0.2, 0.25) is 0 Å². The number of ether oxygens (including phenoxy) is 1. The maximum atomic E-state index is 14.2. The van der Waals surface area contributed by atoms with E-state index in [1.807, 2.05) is 54.6 Å². The lowest BCUT2D eigenvalue weighted by molar-refractivity contribution is -0.150. The Kier molecular flexibility index (Phi) is 4.79. The van der Waals surface area contributed by atoms with Crippen molar-refractivity contribution >= 4 is 11.9 Å². The maximum Gasteiger partial charge on any atom is 0.343 e. The molecule has 0 aromatic heterocycles. The Hall–Kier alpha value is -2.89. The monoisotopic (exact) mass is 383 g/mol. The Labute approximate surface area is 162 Å². The van der Waals surface area contributed by atoms with Crippen LogP contribution >= 0.6 is 0 Å². The van der Waals surface area contributed by atoms with Gasteiger partial charge in [0.25, 0.3) is 0 Å². The third-order valence-electron chi connectivity index (χ3n) is 5.58. The first-order valence-corrected chi connectivity index (χ1v) is 9.44. The van der Waals surface area contributed by atoms with Crippen molar-refractivity contribution in [2.45, 2.75) is 31.0 Å². The molecule has 1 saturated carbocycles. The van der Waals surface area contributed by atoms with Crippen LogP contribution in [0.15, 0.2) is 54.6 Å². The zero-order chi connectivity index (χ0) is 19.7. The molecule has 3 atom stereocenters. The molecule has 2 fully saturated rings. The number of carbonyl (C=O) groups excluding carboxylic acids is 1. The number of alkyl halides is 1. The highest BCUT2D eigenvalue weighted by Crippen LogP contribution is 2.49. The summed E-state index contributed by atoms with van der Waals surface area (Å²) in [5.41, 5.74) is -0.165. The van der Waals surface area contributed by atoms with Crippen molar-refractivity contribution in [1.29, 1.82) is 0 Å². The molecule has 3 unspecified atom stereocenters. The Balaban J connectivity index is 1.31. The fourth-order valence-corrected chi connectivity index (χ4v) is 3.76. The molecule has 1 saturated heterocycles. The van der Waals surface area contributed by atoms with E-state index in [2.05, 4.69) is 0 Å². The molecular formula is C22H22FNO4. The van der Waals surface area contributed by atoms with Gasteiger partial charge in [-0.2, -0.15) is 0 Å². The number of rotatable bonds is 6. The Morgan fingerprint density at radius 2 is 1.86 bits per heavy atom. The molecule has 2 aromatic rings. The highest BCUT2D eigenvalue weighted by Gasteiger charge is 2.52. The summed E-state index contributed by atoms with van der Waals surface area (Å²) in [6, 6.07) is 17.6. The maximum absolute atomic E-state index is 14.2. The van der Waals surface area contributed by atoms with Crippen LogP contribution in [0.5, 0.6) is 5.75 Å². The summed E-state index contributed by atoms with van der Waals surface area (Å²) in [5, 5.41) is 8.97. The molecule has 6 heteroatoms. The molecule has 4 rings (SSSR count). The number of carboxylic acids is 1. The fraction of sp³-hybridized carbons (Fsp3) is 0.364. The Bertz CT molecular complexity index is 870. The lowest BCUT2D eigenvalue weighted by atomic mass is 10.1. The van der Waals surface area contributed by atoms with Gasteiger partial charge in [-0.15, -0.1) is 0 Å². The van der Waals surface area contributed by atoms with Crippen molar-refractivity contribution in [3.05, 3.63) is 65.7 Å². The van der Waals surface area contributed by atoms with Crippen LogP contribution in [0, 0.1) is 5.92 Å². The number of hydrogen-bond acceptors (Lipinski definition) is 3. The second-order valence-corrected chi connectivity index (χ2v) is 7.57. The van der Waals surface area contributed by atoms with E-state index in [0.29, 0.717) is 13.0 Å². The lowest BCUT2D eigenvalue weighted by Gasteiger charge is -2.17. The quantitative estimate of drug-likeness (QED) is 0.830. The minimum absolute atomic E-state index is 0.107. The summed E-state index contributed by atoms with van der Waals surface area (Å²) in [4.78, 5) is 24.9. The van der Waals surface area contributed by atoms with Crippen LogP contribution in [-0.2, 0) is 16.2 Å². The zero-order valence-corrected chi connectivity index (χ0v) is 15.4. The molecule has 0 radical (unpaired) electrons. The van der Waals surface area contributed by atoms with Gasteiger partial charge < -0.3 is 14.7 Å². The molecule has 1 amide bonds. The van der Waals surface area contributed by atoms with Gasteiger partial charge in [-0.1, -0.05) is 42.5 Å². The number of carbonyl (C=O) groups is 2. The smallest absolute Gasteiger partial charge is 0.343 e. The number of likely N-dealkylation sites (tertiary alicyclic amines) is 1. The predicted octanol–water partition coefficient (Wildman–Crippen LogP) is 3.39. The van der Waals surface area contributed by atoms with E-state index in [4.69, 9.17) is 9.84 Å². The predicted molar refractivity (Wildman–Crippen MR) is 101 cm³/mol. The summed E-state index contributed by atoms with van der Waals surface area (Å²) in [7, 11) is 0. The van der Waals surface area contributed by atoms with Gasteiger partial charge in [0, 0.05) is 18.9 Å². The minimum Gasteiger partial charge on any atom is -0.489 e. The molecule has 0 bridgehead atoms. The Morgan fingerprint density at radius 1 is 1.14 bits per heavy atom. The van der Waals surface area contributed by atoms with Crippen molar-refractivity contribution < 1.29 is 23.8 Å². The van der Waals surface area contributed by atoms with Gasteiger partial charge in [-0.05, 0) is 35.6 Å².